The average Bonchev–Trinajstić information content (AvgIpc) is 3.25. The summed E-state index contributed by atoms with van der Waals surface area (Å²) in [6.07, 6.45) is 6.22. The van der Waals surface area contributed by atoms with Gasteiger partial charge in [-0.2, -0.15) is 5.10 Å². The summed E-state index contributed by atoms with van der Waals surface area (Å²) in [7, 11) is 0. The first kappa shape index (κ1) is 26.6. The van der Waals surface area contributed by atoms with E-state index in [1.54, 1.807) is 57.3 Å². The Hall–Kier alpha value is -4.02. The SMILES string of the molecule is CC(=O)c1nn(CC(=O)N2C3C[C@]3(C)C[C@H]2C(=O)N[C@@H](C)C(F)=C(C)C)c2cnc(-c3cnc(C)nc3)cc12. The van der Waals surface area contributed by atoms with E-state index in [0.29, 0.717) is 40.0 Å². The lowest BCUT2D eigenvalue weighted by Gasteiger charge is -2.28. The summed E-state index contributed by atoms with van der Waals surface area (Å²) >= 11 is 0. The number of carbonyl (C=O) groups is 3. The molecule has 3 aromatic heterocycles. The van der Waals surface area contributed by atoms with Crippen molar-refractivity contribution in [2.75, 3.05) is 0 Å². The first-order valence-electron chi connectivity index (χ1n) is 13.0. The zero-order valence-electron chi connectivity index (χ0n) is 22.9. The van der Waals surface area contributed by atoms with E-state index in [1.165, 1.54) is 11.6 Å². The Bertz CT molecular complexity index is 1530. The molecule has 4 heterocycles. The normalized spacial score (nSPS) is 22.4. The predicted octanol–water partition coefficient (Wildman–Crippen LogP) is 3.55. The van der Waals surface area contributed by atoms with Crippen molar-refractivity contribution in [3.63, 3.8) is 0 Å². The molecule has 1 unspecified atom stereocenters. The molecule has 4 atom stereocenters. The van der Waals surface area contributed by atoms with Crippen LogP contribution in [0.2, 0.25) is 0 Å². The molecule has 0 spiro atoms. The van der Waals surface area contributed by atoms with Gasteiger partial charge in [-0.05, 0) is 57.6 Å². The number of carbonyl (C=O) groups excluding carboxylic acids is 3. The maximum atomic E-state index is 14.4. The summed E-state index contributed by atoms with van der Waals surface area (Å²) in [4.78, 5) is 53.8. The van der Waals surface area contributed by atoms with Crippen LogP contribution < -0.4 is 5.32 Å². The van der Waals surface area contributed by atoms with Crippen molar-refractivity contribution in [1.82, 2.24) is 34.9 Å². The van der Waals surface area contributed by atoms with Gasteiger partial charge in [0, 0.05) is 36.3 Å². The van der Waals surface area contributed by atoms with E-state index in [-0.39, 0.29) is 47.1 Å². The molecule has 2 amide bonds. The number of piperidine rings is 1. The van der Waals surface area contributed by atoms with Gasteiger partial charge in [0.15, 0.2) is 5.78 Å². The van der Waals surface area contributed by atoms with Crippen molar-refractivity contribution in [2.24, 2.45) is 5.41 Å². The van der Waals surface area contributed by atoms with Crippen molar-refractivity contribution in [3.05, 3.63) is 47.6 Å². The lowest BCUT2D eigenvalue weighted by atomic mass is 10.0. The summed E-state index contributed by atoms with van der Waals surface area (Å²) in [5.74, 6) is -0.659. The molecule has 39 heavy (non-hydrogen) atoms. The van der Waals surface area contributed by atoms with E-state index >= 15 is 0 Å². The number of nitrogens with one attached hydrogen (secondary N) is 1. The van der Waals surface area contributed by atoms with Crippen LogP contribution >= 0.6 is 0 Å². The Labute approximate surface area is 225 Å². The van der Waals surface area contributed by atoms with E-state index in [9.17, 15) is 18.8 Å². The van der Waals surface area contributed by atoms with Crippen LogP contribution in [0.1, 0.15) is 63.8 Å². The number of Topliss-reactive ketones (excluding diaryl/α,β-unsaturated/α-hetero) is 1. The molecule has 204 valence electrons. The van der Waals surface area contributed by atoms with Crippen LogP contribution in [-0.4, -0.2) is 65.4 Å². The highest BCUT2D eigenvalue weighted by Crippen LogP contribution is 2.59. The summed E-state index contributed by atoms with van der Waals surface area (Å²) in [5.41, 5.74) is 2.39. The molecule has 1 saturated heterocycles. The quantitative estimate of drug-likeness (QED) is 0.461. The topological polar surface area (TPSA) is 123 Å². The fraction of sp³-hybridized carbons (Fsp3) is 0.464. The van der Waals surface area contributed by atoms with Gasteiger partial charge >= 0.3 is 0 Å². The third kappa shape index (κ3) is 4.81. The van der Waals surface area contributed by atoms with Gasteiger partial charge in [0.25, 0.3) is 0 Å². The molecule has 2 aliphatic rings. The summed E-state index contributed by atoms with van der Waals surface area (Å²) in [6.45, 7) is 10.00. The second-order valence-electron chi connectivity index (χ2n) is 11.1. The zero-order valence-corrected chi connectivity index (χ0v) is 22.9. The number of rotatable bonds is 7. The molecule has 0 aromatic carbocycles. The lowest BCUT2D eigenvalue weighted by molar-refractivity contribution is -0.140. The molecule has 11 heteroatoms. The minimum absolute atomic E-state index is 0.0651. The first-order chi connectivity index (χ1) is 18.4. The van der Waals surface area contributed by atoms with Crippen LogP contribution in [0.4, 0.5) is 4.39 Å². The highest BCUT2D eigenvalue weighted by molar-refractivity contribution is 6.05. The molecule has 1 aliphatic carbocycles. The lowest BCUT2D eigenvalue weighted by Crippen LogP contribution is -2.50. The standard InChI is InChI=1S/C28H32FN7O3/c1-14(2)25(29)15(3)33-27(39)21-8-28(6)9-23(28)36(21)24(38)13-35-22-12-32-20(18-10-30-17(5)31-11-18)7-19(22)26(34-35)16(4)37/h7,10-12,15,21,23H,8-9,13H2,1-6H3,(H,33,39)/t15-,21-,23?,28-/m0/s1. The highest BCUT2D eigenvalue weighted by atomic mass is 19.1. The minimum atomic E-state index is -0.781. The minimum Gasteiger partial charge on any atom is -0.345 e. The summed E-state index contributed by atoms with van der Waals surface area (Å²) in [5, 5.41) is 7.76. The number of pyridine rings is 1. The van der Waals surface area contributed by atoms with Gasteiger partial charge in [-0.25, -0.2) is 14.4 Å². The largest absolute Gasteiger partial charge is 0.345 e. The Morgan fingerprint density at radius 3 is 2.46 bits per heavy atom. The number of amides is 2. The molecular formula is C28H32FN7O3. The van der Waals surface area contributed by atoms with Crippen molar-refractivity contribution < 1.29 is 18.8 Å². The number of halogens is 1. The number of hydrogen-bond donors (Lipinski definition) is 1. The number of allylic oxidation sites excluding steroid dienone is 1. The summed E-state index contributed by atoms with van der Waals surface area (Å²) < 4.78 is 15.8. The van der Waals surface area contributed by atoms with Crippen LogP contribution in [0.25, 0.3) is 22.2 Å². The van der Waals surface area contributed by atoms with E-state index in [4.69, 9.17) is 0 Å². The zero-order chi connectivity index (χ0) is 28.2. The van der Waals surface area contributed by atoms with E-state index in [0.717, 1.165) is 6.42 Å². The van der Waals surface area contributed by atoms with Gasteiger partial charge in [0.05, 0.1) is 23.4 Å². The molecule has 5 rings (SSSR count). The molecule has 1 aliphatic heterocycles. The molecule has 3 aromatic rings. The van der Waals surface area contributed by atoms with Crippen molar-refractivity contribution >= 4 is 28.5 Å². The predicted molar refractivity (Wildman–Crippen MR) is 142 cm³/mol. The molecule has 0 radical (unpaired) electrons. The Morgan fingerprint density at radius 2 is 1.82 bits per heavy atom. The van der Waals surface area contributed by atoms with Crippen LogP contribution in [-0.2, 0) is 16.1 Å². The third-order valence-corrected chi connectivity index (χ3v) is 7.77. The highest BCUT2D eigenvalue weighted by Gasteiger charge is 2.64. The van der Waals surface area contributed by atoms with Crippen LogP contribution in [0.15, 0.2) is 36.1 Å². The van der Waals surface area contributed by atoms with Crippen molar-refractivity contribution in [1.29, 1.82) is 0 Å². The van der Waals surface area contributed by atoms with Crippen LogP contribution in [0.3, 0.4) is 0 Å². The number of ketones is 1. The molecule has 10 nitrogen and oxygen atoms in total. The first-order valence-corrected chi connectivity index (χ1v) is 13.0. The smallest absolute Gasteiger partial charge is 0.245 e. The molecule has 1 N–H and O–H groups in total. The van der Waals surface area contributed by atoms with Gasteiger partial charge in [0.2, 0.25) is 11.8 Å². The maximum Gasteiger partial charge on any atom is 0.245 e. The fourth-order valence-corrected chi connectivity index (χ4v) is 5.51. The van der Waals surface area contributed by atoms with E-state index in [1.807, 2.05) is 0 Å². The van der Waals surface area contributed by atoms with E-state index in [2.05, 4.69) is 32.3 Å². The molecular weight excluding hydrogens is 501 g/mol. The maximum absolute atomic E-state index is 14.4. The van der Waals surface area contributed by atoms with Gasteiger partial charge in [-0.1, -0.05) is 6.92 Å². The average molecular weight is 534 g/mol. The number of aromatic nitrogens is 5. The third-order valence-electron chi connectivity index (χ3n) is 7.77. The van der Waals surface area contributed by atoms with Crippen molar-refractivity contribution in [3.8, 4) is 11.3 Å². The van der Waals surface area contributed by atoms with Crippen LogP contribution in [0, 0.1) is 12.3 Å². The van der Waals surface area contributed by atoms with Crippen LogP contribution in [0.5, 0.6) is 0 Å². The summed E-state index contributed by atoms with van der Waals surface area (Å²) in [6, 6.07) is 0.201. The molecule has 1 saturated carbocycles. The second-order valence-corrected chi connectivity index (χ2v) is 11.1. The molecule has 2 fully saturated rings. The van der Waals surface area contributed by atoms with Crippen molar-refractivity contribution in [2.45, 2.75) is 79.1 Å². The number of fused-ring (bicyclic) bond motifs is 2. The monoisotopic (exact) mass is 533 g/mol. The number of aryl methyl sites for hydroxylation is 1. The van der Waals surface area contributed by atoms with Gasteiger partial charge in [-0.3, -0.25) is 24.0 Å². The Balaban J connectivity index is 1.42. The fourth-order valence-electron chi connectivity index (χ4n) is 5.51. The van der Waals surface area contributed by atoms with Gasteiger partial charge in [-0.15, -0.1) is 0 Å². The Morgan fingerprint density at radius 1 is 1.13 bits per heavy atom. The second kappa shape index (κ2) is 9.62. The Kier molecular flexibility index (Phi) is 6.56. The van der Waals surface area contributed by atoms with E-state index < -0.39 is 12.1 Å². The number of nitrogens with zero attached hydrogens (tertiary/aromatic N) is 6. The van der Waals surface area contributed by atoms with Gasteiger partial charge in [0.1, 0.15) is 29.9 Å². The number of likely N-dealkylation sites (tertiary alicyclic amines) is 1. The van der Waals surface area contributed by atoms with Gasteiger partial charge < -0.3 is 10.2 Å². The number of hydrogen-bond acceptors (Lipinski definition) is 7. The molecule has 0 bridgehead atoms.